The van der Waals surface area contributed by atoms with Gasteiger partial charge in [-0.25, -0.2) is 0 Å². The van der Waals surface area contributed by atoms with Crippen molar-refractivity contribution in [1.29, 1.82) is 0 Å². The van der Waals surface area contributed by atoms with Crippen LogP contribution in [0.25, 0.3) is 184 Å². The van der Waals surface area contributed by atoms with E-state index in [-0.39, 0.29) is 0 Å². The summed E-state index contributed by atoms with van der Waals surface area (Å²) in [5, 5.41) is 14.8. The number of thiophene rings is 2. The van der Waals surface area contributed by atoms with Crippen molar-refractivity contribution in [1.82, 2.24) is 9.13 Å². The van der Waals surface area contributed by atoms with Crippen molar-refractivity contribution < 1.29 is 0 Å². The van der Waals surface area contributed by atoms with Crippen LogP contribution in [0.2, 0.25) is 0 Å². The summed E-state index contributed by atoms with van der Waals surface area (Å²) < 4.78 is 10.00. The van der Waals surface area contributed by atoms with Gasteiger partial charge in [0.1, 0.15) is 0 Å². The smallest absolute Gasteiger partial charge is 0.0547 e. The van der Waals surface area contributed by atoms with Crippen LogP contribution in [-0.4, -0.2) is 9.13 Å². The van der Waals surface area contributed by atoms with Gasteiger partial charge in [-0.05, 0) is 260 Å². The first-order valence-corrected chi connectivity index (χ1v) is 52.1. The summed E-state index contributed by atoms with van der Waals surface area (Å²) in [4.78, 5) is 9.72. The molecule has 28 aromatic rings. The van der Waals surface area contributed by atoms with Crippen molar-refractivity contribution in [3.63, 3.8) is 0 Å². The van der Waals surface area contributed by atoms with Crippen molar-refractivity contribution in [3.05, 3.63) is 570 Å². The first-order valence-electron chi connectivity index (χ1n) is 50.5. The van der Waals surface area contributed by atoms with Gasteiger partial charge in [-0.15, -0.1) is 22.7 Å². The molecule has 24 aromatic carbocycles. The highest BCUT2D eigenvalue weighted by Gasteiger charge is 2.27. The van der Waals surface area contributed by atoms with E-state index in [4.69, 9.17) is 0 Å². The summed E-state index contributed by atoms with van der Waals surface area (Å²) in [7, 11) is 0. The van der Waals surface area contributed by atoms with E-state index in [1.807, 2.05) is 22.7 Å². The maximum Gasteiger partial charge on any atom is 0.0547 e. The maximum atomic E-state index is 2.45. The van der Waals surface area contributed by atoms with Gasteiger partial charge in [0.05, 0.1) is 39.1 Å². The van der Waals surface area contributed by atoms with E-state index in [9.17, 15) is 0 Å². The Morgan fingerprint density at radius 2 is 0.439 bits per heavy atom. The average Bonchev–Trinajstić information content (AvgIpc) is 1.59. The number of aromatic nitrogens is 2. The Hall–Kier alpha value is -19.0. The molecular weight excluding hydrogens is 1830 g/mol. The number of fused-ring (bicyclic) bond motifs is 14. The lowest BCUT2D eigenvalue weighted by Gasteiger charge is -2.31. The highest BCUT2D eigenvalue weighted by molar-refractivity contribution is 7.26. The van der Waals surface area contributed by atoms with Gasteiger partial charge < -0.3 is 28.7 Å². The van der Waals surface area contributed by atoms with E-state index >= 15 is 0 Å². The predicted molar refractivity (Wildman–Crippen MR) is 634 cm³/mol. The molecule has 0 unspecified atom stereocenters. The zero-order chi connectivity index (χ0) is 97.9. The highest BCUT2D eigenvalue weighted by atomic mass is 32.1. The van der Waals surface area contributed by atoms with Crippen LogP contribution in [0.3, 0.4) is 0 Å². The molecule has 4 heterocycles. The fourth-order valence-corrected chi connectivity index (χ4v) is 24.3. The van der Waals surface area contributed by atoms with Gasteiger partial charge in [0.25, 0.3) is 0 Å². The number of para-hydroxylation sites is 3. The third-order valence-electron chi connectivity index (χ3n) is 29.1. The fourth-order valence-electron chi connectivity index (χ4n) is 22.2. The zero-order valence-electron chi connectivity index (χ0n) is 80.8. The highest BCUT2D eigenvalue weighted by Crippen LogP contribution is 2.52. The van der Waals surface area contributed by atoms with E-state index in [1.165, 1.54) is 139 Å². The van der Waals surface area contributed by atoms with Crippen LogP contribution in [0.1, 0.15) is 0 Å². The SMILES string of the molecule is c1ccc(-c2ccc(-n3c4ccccc4c4ccc(-c5cccc(N(c6cccc(N(c7cccc(-c8ccccc8)c7)c7cccc(-c8ccccc8)c7)c6)c6ccc7sc8ccccc8c7c6)c5)cc43)cc2)cc1.c1ccc(-c2ccccc2N(c2cccc(N(c3cccc(-c4ccc5c6ccccc6n(-c6cccc7ccccc67)c5c4)c3)c3ccc4sc5ccccc5c4c3)c2)c2cccc3ccccc23)cc1. The van der Waals surface area contributed by atoms with Crippen molar-refractivity contribution in [2.45, 2.75) is 0 Å². The van der Waals surface area contributed by atoms with E-state index in [1.54, 1.807) is 0 Å². The summed E-state index contributed by atoms with van der Waals surface area (Å²) in [6, 6.07) is 208. The van der Waals surface area contributed by atoms with Gasteiger partial charge in [-0.2, -0.15) is 0 Å². The van der Waals surface area contributed by atoms with E-state index in [0.29, 0.717) is 0 Å². The number of rotatable bonds is 20. The molecule has 0 radical (unpaired) electrons. The number of hydrogen-bond acceptors (Lipinski definition) is 6. The second-order valence-corrected chi connectivity index (χ2v) is 40.0. The molecule has 0 spiro atoms. The number of anilines is 12. The lowest BCUT2D eigenvalue weighted by Crippen LogP contribution is -2.14. The molecule has 0 fully saturated rings. The Kier molecular flexibility index (Phi) is 22.6. The minimum Gasteiger partial charge on any atom is -0.310 e. The Morgan fingerprint density at radius 1 is 0.142 bits per heavy atom. The van der Waals surface area contributed by atoms with Crippen molar-refractivity contribution >= 4 is 196 Å². The molecule has 8 heteroatoms. The van der Waals surface area contributed by atoms with Gasteiger partial charge in [-0.3, -0.25) is 0 Å². The van der Waals surface area contributed by atoms with Crippen LogP contribution in [0.5, 0.6) is 0 Å². The molecule has 4 aromatic heterocycles. The van der Waals surface area contributed by atoms with Gasteiger partial charge >= 0.3 is 0 Å². The number of nitrogens with zero attached hydrogens (tertiary/aromatic N) is 6. The summed E-state index contributed by atoms with van der Waals surface area (Å²) in [5.41, 5.74) is 33.9. The molecule has 0 N–H and O–H groups in total. The average molecular weight is 1920 g/mol. The van der Waals surface area contributed by atoms with Crippen LogP contribution >= 0.6 is 22.7 Å². The maximum absolute atomic E-state index is 2.45. The molecule has 0 saturated heterocycles. The van der Waals surface area contributed by atoms with Gasteiger partial charge in [0, 0.05) is 141 Å². The standard InChI is InChI=1S/C72H49N3S.C68H45N3S/c1-4-18-50(19-5-1)53-36-39-58(40-37-53)75-69-34-12-10-32-65(69)66-42-38-57(47-70(66)75)56-26-16-29-61(46-56)74(64-41-43-72-68(49-64)67-33-11-13-35-71(67)76-72)63-31-17-30-62(48-63)73(59-27-14-24-54(44-59)51-20-6-2-7-21-51)60-28-15-25-55(45-60)52-22-8-3-9-23-52;1-2-18-46(19-3-1)55-30-8-11-33-62(55)70(63-35-15-22-47-20-4-6-28-56(47)63)53-27-17-26-52(44-53)69(54-39-41-68-61(45-54)60-32-10-13-37-67(60)72-68)51-25-14-24-49(42-51)50-38-40-59-58-31-9-12-34-65(58)71(66(59)43-50)64-36-16-23-48-21-5-7-29-57(48)64/h1-49H;1-45H. The lowest BCUT2D eigenvalue weighted by atomic mass is 10.0. The molecule has 0 saturated carbocycles. The first kappa shape index (κ1) is 88.0. The normalized spacial score (nSPS) is 11.5. The third-order valence-corrected chi connectivity index (χ3v) is 31.4. The molecule has 0 aliphatic rings. The monoisotopic (exact) mass is 1920 g/mol. The van der Waals surface area contributed by atoms with Crippen LogP contribution in [0, 0.1) is 0 Å². The lowest BCUT2D eigenvalue weighted by molar-refractivity contribution is 1.18. The minimum atomic E-state index is 1.05. The Labute approximate surface area is 866 Å². The zero-order valence-corrected chi connectivity index (χ0v) is 82.4. The van der Waals surface area contributed by atoms with Gasteiger partial charge in [0.15, 0.2) is 0 Å². The molecule has 0 aliphatic carbocycles. The Morgan fingerprint density at radius 3 is 0.932 bits per heavy atom. The molecule has 696 valence electrons. The van der Waals surface area contributed by atoms with E-state index in [0.717, 1.165) is 113 Å². The largest absolute Gasteiger partial charge is 0.310 e. The second kappa shape index (κ2) is 38.1. The summed E-state index contributed by atoms with van der Waals surface area (Å²) >= 11 is 3.70. The number of benzene rings is 24. The van der Waals surface area contributed by atoms with Crippen LogP contribution < -0.4 is 19.6 Å². The quantitative estimate of drug-likeness (QED) is 0.0758. The van der Waals surface area contributed by atoms with Crippen LogP contribution in [-0.2, 0) is 0 Å². The summed E-state index contributed by atoms with van der Waals surface area (Å²) in [6.45, 7) is 0. The topological polar surface area (TPSA) is 22.8 Å². The van der Waals surface area contributed by atoms with Crippen molar-refractivity contribution in [2.24, 2.45) is 0 Å². The van der Waals surface area contributed by atoms with Crippen LogP contribution in [0.15, 0.2) is 570 Å². The van der Waals surface area contributed by atoms with Crippen molar-refractivity contribution in [2.75, 3.05) is 19.6 Å². The minimum absolute atomic E-state index is 1.05. The number of hydrogen-bond donors (Lipinski definition) is 0. The summed E-state index contributed by atoms with van der Waals surface area (Å²) in [6.07, 6.45) is 0. The molecule has 0 bridgehead atoms. The van der Waals surface area contributed by atoms with Crippen LogP contribution in [0.4, 0.5) is 68.2 Å². The van der Waals surface area contributed by atoms with Gasteiger partial charge in [-0.1, -0.05) is 382 Å². The second-order valence-electron chi connectivity index (χ2n) is 37.8. The Balaban J connectivity index is 0.000000146. The predicted octanol–water partition coefficient (Wildman–Crippen LogP) is 40.5. The molecular formula is C140H94N6S2. The third kappa shape index (κ3) is 16.3. The van der Waals surface area contributed by atoms with E-state index < -0.39 is 0 Å². The Bertz CT molecular complexity index is 9820. The molecule has 0 aliphatic heterocycles. The van der Waals surface area contributed by atoms with Gasteiger partial charge in [0.2, 0.25) is 0 Å². The van der Waals surface area contributed by atoms with E-state index in [2.05, 4.69) is 599 Å². The molecule has 0 amide bonds. The summed E-state index contributed by atoms with van der Waals surface area (Å²) in [5.74, 6) is 0. The molecule has 148 heavy (non-hydrogen) atoms. The first-order chi connectivity index (χ1) is 73.4. The molecule has 28 rings (SSSR count). The van der Waals surface area contributed by atoms with Crippen molar-refractivity contribution in [3.8, 4) is 78.1 Å². The molecule has 6 nitrogen and oxygen atoms in total. The molecule has 0 atom stereocenters. The fraction of sp³-hybridized carbons (Fsp3) is 0.